The van der Waals surface area contributed by atoms with Crippen molar-refractivity contribution in [3.63, 3.8) is 0 Å². The third kappa shape index (κ3) is 4.49. The molecule has 0 aromatic rings. The molecule has 1 saturated heterocycles. The highest BCUT2D eigenvalue weighted by molar-refractivity contribution is 4.74. The monoisotopic (exact) mass is 214 g/mol. The number of rotatable bonds is 4. The molecule has 0 aromatic heterocycles. The van der Waals surface area contributed by atoms with E-state index in [2.05, 4.69) is 18.7 Å². The Balaban J connectivity index is 2.32. The van der Waals surface area contributed by atoms with Gasteiger partial charge < -0.3 is 15.7 Å². The summed E-state index contributed by atoms with van der Waals surface area (Å²) in [4.78, 5) is 2.41. The molecule has 3 heteroatoms. The Labute approximate surface area is 93.6 Å². The summed E-state index contributed by atoms with van der Waals surface area (Å²) in [6.07, 6.45) is 3.92. The first-order valence-electron chi connectivity index (χ1n) is 6.22. The third-order valence-corrected chi connectivity index (χ3v) is 3.54. The van der Waals surface area contributed by atoms with E-state index in [9.17, 15) is 0 Å². The average Bonchev–Trinajstić information content (AvgIpc) is 2.43. The van der Waals surface area contributed by atoms with Gasteiger partial charge in [-0.05, 0) is 44.2 Å². The van der Waals surface area contributed by atoms with Crippen molar-refractivity contribution in [2.24, 2.45) is 17.6 Å². The zero-order chi connectivity index (χ0) is 11.3. The van der Waals surface area contributed by atoms with Gasteiger partial charge in [-0.3, -0.25) is 0 Å². The smallest absolute Gasteiger partial charge is 0.0595 e. The topological polar surface area (TPSA) is 49.5 Å². The van der Waals surface area contributed by atoms with Crippen LogP contribution in [0.1, 0.15) is 33.1 Å². The normalized spacial score (nSPS) is 26.6. The largest absolute Gasteiger partial charge is 0.395 e. The summed E-state index contributed by atoms with van der Waals surface area (Å²) in [5.74, 6) is 1.68. The van der Waals surface area contributed by atoms with E-state index < -0.39 is 0 Å². The fourth-order valence-corrected chi connectivity index (χ4v) is 2.42. The van der Waals surface area contributed by atoms with E-state index in [1.165, 1.54) is 19.3 Å². The Hall–Kier alpha value is -0.120. The van der Waals surface area contributed by atoms with Crippen LogP contribution in [0.4, 0.5) is 0 Å². The molecule has 15 heavy (non-hydrogen) atoms. The van der Waals surface area contributed by atoms with Crippen molar-refractivity contribution in [1.82, 2.24) is 4.90 Å². The van der Waals surface area contributed by atoms with Crippen LogP contribution in [0.25, 0.3) is 0 Å². The second kappa shape index (κ2) is 6.46. The first-order valence-corrected chi connectivity index (χ1v) is 6.22. The summed E-state index contributed by atoms with van der Waals surface area (Å²) >= 11 is 0. The molecule has 0 spiro atoms. The number of aliphatic hydroxyl groups is 1. The predicted octanol–water partition coefficient (Wildman–Crippen LogP) is 1.06. The molecule has 0 bridgehead atoms. The minimum absolute atomic E-state index is 0.0689. The minimum Gasteiger partial charge on any atom is -0.395 e. The van der Waals surface area contributed by atoms with Crippen molar-refractivity contribution >= 4 is 0 Å². The maximum Gasteiger partial charge on any atom is 0.0595 e. The molecular weight excluding hydrogens is 188 g/mol. The molecule has 1 aliphatic rings. The summed E-state index contributed by atoms with van der Waals surface area (Å²) in [6.45, 7) is 7.89. The molecule has 3 N–H and O–H groups in total. The van der Waals surface area contributed by atoms with Crippen molar-refractivity contribution in [3.8, 4) is 0 Å². The molecule has 1 heterocycles. The number of nitrogens with two attached hydrogens (primary N) is 1. The quantitative estimate of drug-likeness (QED) is 0.736. The summed E-state index contributed by atoms with van der Waals surface area (Å²) in [5.41, 5.74) is 5.76. The van der Waals surface area contributed by atoms with Gasteiger partial charge >= 0.3 is 0 Å². The number of hydrogen-bond acceptors (Lipinski definition) is 3. The van der Waals surface area contributed by atoms with Gasteiger partial charge in [0.15, 0.2) is 0 Å². The van der Waals surface area contributed by atoms with Crippen LogP contribution in [0.15, 0.2) is 0 Å². The highest BCUT2D eigenvalue weighted by atomic mass is 16.3. The number of hydrogen-bond donors (Lipinski definition) is 2. The molecule has 1 aliphatic heterocycles. The van der Waals surface area contributed by atoms with Gasteiger partial charge in [0.1, 0.15) is 0 Å². The van der Waals surface area contributed by atoms with E-state index in [-0.39, 0.29) is 12.6 Å². The van der Waals surface area contributed by atoms with Crippen LogP contribution in [0, 0.1) is 11.8 Å². The minimum atomic E-state index is -0.0689. The second-order valence-electron chi connectivity index (χ2n) is 5.18. The van der Waals surface area contributed by atoms with Gasteiger partial charge in [0.25, 0.3) is 0 Å². The Morgan fingerprint density at radius 3 is 2.67 bits per heavy atom. The molecule has 2 atom stereocenters. The van der Waals surface area contributed by atoms with Crippen molar-refractivity contribution in [2.45, 2.75) is 39.2 Å². The Morgan fingerprint density at radius 1 is 1.33 bits per heavy atom. The molecule has 1 fully saturated rings. The number of nitrogens with zero attached hydrogens (tertiary/aromatic N) is 1. The van der Waals surface area contributed by atoms with Gasteiger partial charge in [-0.15, -0.1) is 0 Å². The maximum absolute atomic E-state index is 8.92. The van der Waals surface area contributed by atoms with E-state index >= 15 is 0 Å². The third-order valence-electron chi connectivity index (χ3n) is 3.54. The highest BCUT2D eigenvalue weighted by Gasteiger charge is 2.20. The van der Waals surface area contributed by atoms with Gasteiger partial charge in [0, 0.05) is 12.6 Å². The van der Waals surface area contributed by atoms with E-state index in [4.69, 9.17) is 10.8 Å². The van der Waals surface area contributed by atoms with Crippen molar-refractivity contribution in [3.05, 3.63) is 0 Å². The molecule has 0 radical (unpaired) electrons. The van der Waals surface area contributed by atoms with Crippen LogP contribution in [-0.2, 0) is 0 Å². The first kappa shape index (κ1) is 12.9. The SMILES string of the molecule is CC(C)C1CCCN(CC(N)CO)CC1. The standard InChI is InChI=1S/C12H26N2O/c1-10(2)11-4-3-6-14(7-5-11)8-12(13)9-15/h10-12,15H,3-9,13H2,1-2H3. The molecule has 0 aliphatic carbocycles. The lowest BCUT2D eigenvalue weighted by molar-refractivity contribution is 0.202. The van der Waals surface area contributed by atoms with Gasteiger partial charge in [-0.25, -0.2) is 0 Å². The predicted molar refractivity (Wildman–Crippen MR) is 63.7 cm³/mol. The van der Waals surface area contributed by atoms with E-state index in [0.29, 0.717) is 0 Å². The summed E-state index contributed by atoms with van der Waals surface area (Å²) in [5, 5.41) is 8.92. The van der Waals surface area contributed by atoms with Crippen LogP contribution in [-0.4, -0.2) is 42.3 Å². The average molecular weight is 214 g/mol. The Morgan fingerprint density at radius 2 is 2.07 bits per heavy atom. The van der Waals surface area contributed by atoms with Gasteiger partial charge in [-0.1, -0.05) is 13.8 Å². The second-order valence-corrected chi connectivity index (χ2v) is 5.18. The Kier molecular flexibility index (Phi) is 5.58. The lowest BCUT2D eigenvalue weighted by atomic mass is 9.89. The van der Waals surface area contributed by atoms with Gasteiger partial charge in [-0.2, -0.15) is 0 Å². The zero-order valence-corrected chi connectivity index (χ0v) is 10.2. The van der Waals surface area contributed by atoms with Crippen LogP contribution >= 0.6 is 0 Å². The molecule has 0 saturated carbocycles. The van der Waals surface area contributed by atoms with Crippen LogP contribution < -0.4 is 5.73 Å². The molecule has 0 aromatic carbocycles. The highest BCUT2D eigenvalue weighted by Crippen LogP contribution is 2.24. The summed E-state index contributed by atoms with van der Waals surface area (Å²) in [6, 6.07) is -0.0689. The molecule has 2 unspecified atom stereocenters. The zero-order valence-electron chi connectivity index (χ0n) is 10.2. The molecular formula is C12H26N2O. The number of aliphatic hydroxyl groups excluding tert-OH is 1. The first-order chi connectivity index (χ1) is 7.13. The van der Waals surface area contributed by atoms with Crippen LogP contribution in [0.5, 0.6) is 0 Å². The van der Waals surface area contributed by atoms with Crippen molar-refractivity contribution in [2.75, 3.05) is 26.2 Å². The lowest BCUT2D eigenvalue weighted by Gasteiger charge is -2.23. The summed E-state index contributed by atoms with van der Waals surface area (Å²) in [7, 11) is 0. The number of likely N-dealkylation sites (tertiary alicyclic amines) is 1. The lowest BCUT2D eigenvalue weighted by Crippen LogP contribution is -2.40. The molecule has 1 rings (SSSR count). The van der Waals surface area contributed by atoms with Crippen LogP contribution in [0.3, 0.4) is 0 Å². The van der Waals surface area contributed by atoms with Crippen molar-refractivity contribution in [1.29, 1.82) is 0 Å². The fourth-order valence-electron chi connectivity index (χ4n) is 2.42. The van der Waals surface area contributed by atoms with Gasteiger partial charge in [0.2, 0.25) is 0 Å². The molecule has 90 valence electrons. The van der Waals surface area contributed by atoms with Gasteiger partial charge in [0.05, 0.1) is 6.61 Å². The van der Waals surface area contributed by atoms with E-state index in [0.717, 1.165) is 31.5 Å². The van der Waals surface area contributed by atoms with Crippen molar-refractivity contribution < 1.29 is 5.11 Å². The molecule has 0 amide bonds. The molecule has 3 nitrogen and oxygen atoms in total. The summed E-state index contributed by atoms with van der Waals surface area (Å²) < 4.78 is 0. The van der Waals surface area contributed by atoms with Crippen LogP contribution in [0.2, 0.25) is 0 Å². The van der Waals surface area contributed by atoms with E-state index in [1.54, 1.807) is 0 Å². The van der Waals surface area contributed by atoms with E-state index in [1.807, 2.05) is 0 Å². The fraction of sp³-hybridized carbons (Fsp3) is 1.00. The Bertz CT molecular complexity index is 173. The maximum atomic E-state index is 8.92.